The third-order valence-corrected chi connectivity index (χ3v) is 7.27. The number of hydrogen-bond acceptors (Lipinski definition) is 6. The lowest BCUT2D eigenvalue weighted by Crippen LogP contribution is -2.34. The van der Waals surface area contributed by atoms with E-state index in [0.717, 1.165) is 27.6 Å². The molecule has 9 heteroatoms. The van der Waals surface area contributed by atoms with E-state index in [1.165, 1.54) is 13.1 Å². The van der Waals surface area contributed by atoms with Crippen LogP contribution in [-0.2, 0) is 21.2 Å². The Morgan fingerprint density at radius 2 is 2.22 bits per heavy atom. The molecule has 1 aromatic carbocycles. The van der Waals surface area contributed by atoms with Gasteiger partial charge in [0.25, 0.3) is 10.0 Å². The van der Waals surface area contributed by atoms with E-state index in [2.05, 4.69) is 5.32 Å². The first-order valence-corrected chi connectivity index (χ1v) is 10.9. The second-order valence-electron chi connectivity index (χ2n) is 6.26. The molecule has 0 aliphatic carbocycles. The maximum Gasteiger partial charge on any atom is 0.252 e. The summed E-state index contributed by atoms with van der Waals surface area (Å²) in [6.07, 6.45) is 0.855. The first kappa shape index (κ1) is 19.7. The van der Waals surface area contributed by atoms with Crippen LogP contribution >= 0.6 is 11.3 Å². The first-order valence-electron chi connectivity index (χ1n) is 8.57. The van der Waals surface area contributed by atoms with E-state index in [9.17, 15) is 13.2 Å². The minimum atomic E-state index is -3.69. The molecular formula is C18H22N2O5S2. The lowest BCUT2D eigenvalue weighted by Gasteiger charge is -2.17. The largest absolute Gasteiger partial charge is 0.492 e. The Labute approximate surface area is 163 Å². The number of nitrogens with one attached hydrogen (secondary N) is 1. The molecule has 2 aromatic rings. The minimum Gasteiger partial charge on any atom is -0.492 e. The summed E-state index contributed by atoms with van der Waals surface area (Å²) in [5.74, 6) is 0.802. The van der Waals surface area contributed by atoms with Crippen molar-refractivity contribution < 1.29 is 22.7 Å². The minimum absolute atomic E-state index is 0.0718. The molecule has 0 bridgehead atoms. The summed E-state index contributed by atoms with van der Waals surface area (Å²) in [5, 5.41) is 4.42. The summed E-state index contributed by atoms with van der Waals surface area (Å²) in [6.45, 7) is 3.98. The average Bonchev–Trinajstić information content (AvgIpc) is 3.24. The van der Waals surface area contributed by atoms with Crippen molar-refractivity contribution >= 4 is 33.0 Å². The number of hydrogen-bond donors (Lipinski definition) is 1. The van der Waals surface area contributed by atoms with Crippen LogP contribution in [0.3, 0.4) is 0 Å². The van der Waals surface area contributed by atoms with Gasteiger partial charge in [0.2, 0.25) is 5.91 Å². The number of nitrogens with zero attached hydrogens (tertiary/aromatic N) is 1. The second kappa shape index (κ2) is 7.87. The number of amides is 1. The van der Waals surface area contributed by atoms with Crippen LogP contribution in [0.5, 0.6) is 11.5 Å². The molecule has 1 atom stereocenters. The van der Waals surface area contributed by atoms with Crippen LogP contribution in [0.2, 0.25) is 0 Å². The fraction of sp³-hybridized carbons (Fsp3) is 0.389. The van der Waals surface area contributed by atoms with Crippen molar-refractivity contribution in [2.24, 2.45) is 0 Å². The molecule has 27 heavy (non-hydrogen) atoms. The highest BCUT2D eigenvalue weighted by atomic mass is 32.2. The molecule has 0 saturated carbocycles. The normalized spacial score (nSPS) is 16.1. The number of rotatable bonds is 7. The van der Waals surface area contributed by atoms with Crippen molar-refractivity contribution in [1.29, 1.82) is 0 Å². The lowest BCUT2D eigenvalue weighted by atomic mass is 10.1. The number of sulfonamides is 1. The van der Waals surface area contributed by atoms with Crippen molar-refractivity contribution in [3.63, 3.8) is 0 Å². The molecule has 1 aliphatic rings. The van der Waals surface area contributed by atoms with Gasteiger partial charge in [-0.15, -0.1) is 11.3 Å². The maximum atomic E-state index is 12.5. The highest BCUT2D eigenvalue weighted by Crippen LogP contribution is 2.38. The first-order chi connectivity index (χ1) is 12.8. The van der Waals surface area contributed by atoms with E-state index in [1.54, 1.807) is 17.5 Å². The number of ether oxygens (including phenoxy) is 2. The van der Waals surface area contributed by atoms with E-state index in [1.807, 2.05) is 19.9 Å². The van der Waals surface area contributed by atoms with E-state index in [-0.39, 0.29) is 16.9 Å². The SMILES string of the molecule is CCOc1cc2c(cc1NC(=O)CN(C)S(=O)(=O)c1cccs1)OC(C)C2. The van der Waals surface area contributed by atoms with Gasteiger partial charge in [-0.05, 0) is 31.4 Å². The number of carbonyl (C=O) groups is 1. The summed E-state index contributed by atoms with van der Waals surface area (Å²) in [5.41, 5.74) is 1.50. The second-order valence-corrected chi connectivity index (χ2v) is 9.48. The van der Waals surface area contributed by atoms with E-state index >= 15 is 0 Å². The van der Waals surface area contributed by atoms with E-state index < -0.39 is 15.9 Å². The Morgan fingerprint density at radius 3 is 2.89 bits per heavy atom. The molecule has 1 unspecified atom stereocenters. The third kappa shape index (κ3) is 4.26. The molecule has 0 spiro atoms. The monoisotopic (exact) mass is 410 g/mol. The molecule has 3 rings (SSSR count). The van der Waals surface area contributed by atoms with Gasteiger partial charge in [0.1, 0.15) is 21.8 Å². The number of thiophene rings is 1. The smallest absolute Gasteiger partial charge is 0.252 e. The Kier molecular flexibility index (Phi) is 5.73. The average molecular weight is 411 g/mol. The predicted octanol–water partition coefficient (Wildman–Crippen LogP) is 2.73. The summed E-state index contributed by atoms with van der Waals surface area (Å²) in [7, 11) is -2.30. The Bertz CT molecular complexity index is 925. The Morgan fingerprint density at radius 1 is 1.44 bits per heavy atom. The molecule has 0 radical (unpaired) electrons. The zero-order chi connectivity index (χ0) is 19.6. The van der Waals surface area contributed by atoms with Gasteiger partial charge in [0.05, 0.1) is 18.8 Å². The predicted molar refractivity (Wildman–Crippen MR) is 104 cm³/mol. The molecule has 2 heterocycles. The topological polar surface area (TPSA) is 84.9 Å². The van der Waals surface area contributed by atoms with Gasteiger partial charge in [-0.25, -0.2) is 8.42 Å². The van der Waals surface area contributed by atoms with E-state index in [4.69, 9.17) is 9.47 Å². The van der Waals surface area contributed by atoms with Crippen LogP contribution < -0.4 is 14.8 Å². The fourth-order valence-electron chi connectivity index (χ4n) is 2.85. The number of anilines is 1. The van der Waals surface area contributed by atoms with E-state index in [0.29, 0.717) is 23.8 Å². The van der Waals surface area contributed by atoms with Gasteiger partial charge in [-0.1, -0.05) is 6.07 Å². The lowest BCUT2D eigenvalue weighted by molar-refractivity contribution is -0.116. The molecular weight excluding hydrogens is 388 g/mol. The van der Waals surface area contributed by atoms with Crippen molar-refractivity contribution in [2.45, 2.75) is 30.6 Å². The highest BCUT2D eigenvalue weighted by molar-refractivity contribution is 7.91. The van der Waals surface area contributed by atoms with Crippen molar-refractivity contribution in [3.8, 4) is 11.5 Å². The maximum absolute atomic E-state index is 12.5. The van der Waals surface area contributed by atoms with Crippen molar-refractivity contribution in [1.82, 2.24) is 4.31 Å². The van der Waals surface area contributed by atoms with Gasteiger partial charge in [-0.3, -0.25) is 4.79 Å². The number of carbonyl (C=O) groups excluding carboxylic acids is 1. The Hall–Kier alpha value is -2.10. The third-order valence-electron chi connectivity index (χ3n) is 4.10. The summed E-state index contributed by atoms with van der Waals surface area (Å²) in [4.78, 5) is 12.4. The quantitative estimate of drug-likeness (QED) is 0.759. The molecule has 1 aliphatic heterocycles. The molecule has 0 saturated heterocycles. The van der Waals surface area contributed by atoms with Crippen LogP contribution in [-0.4, -0.2) is 44.9 Å². The van der Waals surface area contributed by atoms with Gasteiger partial charge in [0, 0.05) is 25.1 Å². The Balaban J connectivity index is 1.75. The fourth-order valence-corrected chi connectivity index (χ4v) is 5.18. The number of fused-ring (bicyclic) bond motifs is 1. The molecule has 146 valence electrons. The summed E-state index contributed by atoms with van der Waals surface area (Å²) >= 11 is 1.11. The number of likely N-dealkylation sites (N-methyl/N-ethyl adjacent to an activating group) is 1. The van der Waals surface area contributed by atoms with Gasteiger partial charge in [0.15, 0.2) is 0 Å². The summed E-state index contributed by atoms with van der Waals surface area (Å²) in [6, 6.07) is 6.77. The van der Waals surface area contributed by atoms with Crippen LogP contribution in [0.25, 0.3) is 0 Å². The zero-order valence-electron chi connectivity index (χ0n) is 15.4. The molecule has 1 aromatic heterocycles. The van der Waals surface area contributed by atoms with Crippen molar-refractivity contribution in [3.05, 3.63) is 35.2 Å². The van der Waals surface area contributed by atoms with Crippen LogP contribution in [0.15, 0.2) is 33.9 Å². The molecule has 1 amide bonds. The zero-order valence-corrected chi connectivity index (χ0v) is 17.0. The van der Waals surface area contributed by atoms with Crippen LogP contribution in [0, 0.1) is 0 Å². The standard InChI is InChI=1S/C18H22N2O5S2/c1-4-24-16-9-13-8-12(2)25-15(13)10-14(16)19-17(21)11-20(3)27(22,23)18-6-5-7-26-18/h5-7,9-10,12H,4,8,11H2,1-3H3,(H,19,21). The molecule has 1 N–H and O–H groups in total. The molecule has 0 fully saturated rings. The van der Waals surface area contributed by atoms with Gasteiger partial charge < -0.3 is 14.8 Å². The van der Waals surface area contributed by atoms with Crippen molar-refractivity contribution in [2.75, 3.05) is 25.5 Å². The van der Waals surface area contributed by atoms with Gasteiger partial charge >= 0.3 is 0 Å². The van der Waals surface area contributed by atoms with Gasteiger partial charge in [-0.2, -0.15) is 4.31 Å². The number of benzene rings is 1. The van der Waals surface area contributed by atoms with Crippen LogP contribution in [0.1, 0.15) is 19.4 Å². The highest BCUT2D eigenvalue weighted by Gasteiger charge is 2.26. The van der Waals surface area contributed by atoms with Crippen LogP contribution in [0.4, 0.5) is 5.69 Å². The molecule has 7 nitrogen and oxygen atoms in total. The summed E-state index contributed by atoms with van der Waals surface area (Å²) < 4.78 is 37.5.